The molecule has 7 heteroatoms. The van der Waals surface area contributed by atoms with Crippen molar-refractivity contribution in [1.29, 1.82) is 0 Å². The Hall–Kier alpha value is -1.40. The van der Waals surface area contributed by atoms with E-state index in [1.54, 1.807) is 0 Å². The number of alkyl halides is 3. The summed E-state index contributed by atoms with van der Waals surface area (Å²) in [6, 6.07) is 0. The molecule has 1 atom stereocenters. The number of aromatic nitrogens is 2. The van der Waals surface area contributed by atoms with Gasteiger partial charge in [0.25, 0.3) is 0 Å². The molecule has 18 heavy (non-hydrogen) atoms. The first-order valence-electron chi connectivity index (χ1n) is 5.87. The van der Waals surface area contributed by atoms with Crippen LogP contribution in [-0.2, 0) is 11.2 Å². The zero-order chi connectivity index (χ0) is 13.2. The Bertz CT molecular complexity index is 428. The van der Waals surface area contributed by atoms with E-state index in [0.29, 0.717) is 12.8 Å². The van der Waals surface area contributed by atoms with Gasteiger partial charge in [-0.25, -0.2) is 0 Å². The third kappa shape index (κ3) is 3.30. The molecule has 1 fully saturated rings. The van der Waals surface area contributed by atoms with Crippen molar-refractivity contribution in [1.82, 2.24) is 10.1 Å². The molecule has 1 aliphatic rings. The van der Waals surface area contributed by atoms with Crippen molar-refractivity contribution in [2.75, 3.05) is 0 Å². The molecule has 0 radical (unpaired) electrons. The molecule has 1 aromatic rings. The fourth-order valence-electron chi connectivity index (χ4n) is 2.08. The van der Waals surface area contributed by atoms with Gasteiger partial charge < -0.3 is 4.52 Å². The van der Waals surface area contributed by atoms with E-state index in [-0.39, 0.29) is 11.7 Å². The molecule has 2 rings (SSSR count). The number of carbonyl (C=O) groups is 1. The number of ketones is 1. The van der Waals surface area contributed by atoms with Crippen LogP contribution in [0.25, 0.3) is 0 Å². The number of nitrogens with zero attached hydrogens (tertiary/aromatic N) is 2. The average Bonchev–Trinajstić information content (AvgIpc) is 2.57. The van der Waals surface area contributed by atoms with Crippen LogP contribution in [0.1, 0.15) is 49.7 Å². The maximum absolute atomic E-state index is 12.1. The number of halogens is 3. The van der Waals surface area contributed by atoms with Gasteiger partial charge in [0.2, 0.25) is 5.89 Å². The van der Waals surface area contributed by atoms with Gasteiger partial charge in [0.1, 0.15) is 12.2 Å². The molecule has 4 nitrogen and oxygen atoms in total. The zero-order valence-corrected chi connectivity index (χ0v) is 9.66. The predicted octanol–water partition coefficient (Wildman–Crippen LogP) is 2.79. The van der Waals surface area contributed by atoms with Gasteiger partial charge in [0.05, 0.1) is 5.92 Å². The second kappa shape index (κ2) is 5.07. The molecule has 0 amide bonds. The topological polar surface area (TPSA) is 56.0 Å². The molecule has 100 valence electrons. The lowest BCUT2D eigenvalue weighted by Crippen LogP contribution is -2.14. The lowest BCUT2D eigenvalue weighted by atomic mass is 9.99. The molecule has 1 heterocycles. The summed E-state index contributed by atoms with van der Waals surface area (Å²) in [5, 5.41) is 3.28. The van der Waals surface area contributed by atoms with Gasteiger partial charge in [0.15, 0.2) is 5.82 Å². The van der Waals surface area contributed by atoms with Crippen molar-refractivity contribution < 1.29 is 22.5 Å². The van der Waals surface area contributed by atoms with E-state index in [0.717, 1.165) is 19.3 Å². The highest BCUT2D eigenvalue weighted by Gasteiger charge is 2.33. The second-order valence-corrected chi connectivity index (χ2v) is 4.46. The van der Waals surface area contributed by atoms with Crippen LogP contribution in [0.15, 0.2) is 4.52 Å². The highest BCUT2D eigenvalue weighted by atomic mass is 19.4. The molecule has 0 aliphatic heterocycles. The lowest BCUT2D eigenvalue weighted by Gasteiger charge is -2.06. The van der Waals surface area contributed by atoms with Crippen LogP contribution in [0.3, 0.4) is 0 Å². The van der Waals surface area contributed by atoms with Crippen LogP contribution < -0.4 is 0 Å². The SMILES string of the molecule is O=C1CCCCCC1c1nc(CC(F)(F)F)no1. The van der Waals surface area contributed by atoms with Gasteiger partial charge in [-0.15, -0.1) is 0 Å². The van der Waals surface area contributed by atoms with Gasteiger partial charge >= 0.3 is 6.18 Å². The Morgan fingerprint density at radius 2 is 2.06 bits per heavy atom. The van der Waals surface area contributed by atoms with Crippen molar-refractivity contribution in [2.45, 2.75) is 50.6 Å². The lowest BCUT2D eigenvalue weighted by molar-refractivity contribution is -0.128. The molecule has 0 saturated heterocycles. The quantitative estimate of drug-likeness (QED) is 0.769. The third-order valence-corrected chi connectivity index (χ3v) is 2.95. The summed E-state index contributed by atoms with van der Waals surface area (Å²) in [5.74, 6) is -0.924. The predicted molar refractivity (Wildman–Crippen MR) is 54.9 cm³/mol. The molecule has 0 spiro atoms. The zero-order valence-electron chi connectivity index (χ0n) is 9.66. The molecule has 1 saturated carbocycles. The van der Waals surface area contributed by atoms with E-state index in [1.807, 2.05) is 0 Å². The van der Waals surface area contributed by atoms with E-state index in [2.05, 4.69) is 10.1 Å². The highest BCUT2D eigenvalue weighted by molar-refractivity contribution is 5.84. The third-order valence-electron chi connectivity index (χ3n) is 2.95. The largest absolute Gasteiger partial charge is 0.396 e. The van der Waals surface area contributed by atoms with E-state index in [4.69, 9.17) is 4.52 Å². The first-order chi connectivity index (χ1) is 8.46. The van der Waals surface area contributed by atoms with Crippen LogP contribution in [0, 0.1) is 0 Å². The highest BCUT2D eigenvalue weighted by Crippen LogP contribution is 2.28. The molecular formula is C11H13F3N2O2. The van der Waals surface area contributed by atoms with Gasteiger partial charge in [-0.05, 0) is 12.8 Å². The van der Waals surface area contributed by atoms with E-state index in [1.165, 1.54) is 0 Å². The van der Waals surface area contributed by atoms with Crippen LogP contribution in [0.5, 0.6) is 0 Å². The van der Waals surface area contributed by atoms with Crippen molar-refractivity contribution in [3.05, 3.63) is 11.7 Å². The van der Waals surface area contributed by atoms with Crippen molar-refractivity contribution in [3.8, 4) is 0 Å². The number of rotatable bonds is 2. The standard InChI is InChI=1S/C11H13F3N2O2/c12-11(13,14)6-9-15-10(18-16-9)7-4-2-1-3-5-8(7)17/h7H,1-6H2. The molecular weight excluding hydrogens is 249 g/mol. The minimum Gasteiger partial charge on any atom is -0.339 e. The summed E-state index contributed by atoms with van der Waals surface area (Å²) in [5.41, 5.74) is 0. The molecule has 0 aromatic carbocycles. The Balaban J connectivity index is 2.11. The summed E-state index contributed by atoms with van der Waals surface area (Å²) in [6.07, 6.45) is -1.96. The van der Waals surface area contributed by atoms with Crippen LogP contribution in [-0.4, -0.2) is 22.1 Å². The van der Waals surface area contributed by atoms with Crippen LogP contribution in [0.2, 0.25) is 0 Å². The second-order valence-electron chi connectivity index (χ2n) is 4.46. The summed E-state index contributed by atoms with van der Waals surface area (Å²) in [6.45, 7) is 0. The average molecular weight is 262 g/mol. The Morgan fingerprint density at radius 3 is 2.78 bits per heavy atom. The van der Waals surface area contributed by atoms with E-state index in [9.17, 15) is 18.0 Å². The monoisotopic (exact) mass is 262 g/mol. The Labute approximate surface area is 102 Å². The summed E-state index contributed by atoms with van der Waals surface area (Å²) in [7, 11) is 0. The minimum absolute atomic E-state index is 0.0188. The van der Waals surface area contributed by atoms with Crippen molar-refractivity contribution in [2.24, 2.45) is 0 Å². The fourth-order valence-corrected chi connectivity index (χ4v) is 2.08. The van der Waals surface area contributed by atoms with E-state index < -0.39 is 24.3 Å². The number of hydrogen-bond acceptors (Lipinski definition) is 4. The number of hydrogen-bond donors (Lipinski definition) is 0. The molecule has 1 aromatic heterocycles. The number of Topliss-reactive ketones (excluding diaryl/α,β-unsaturated/α-hetero) is 1. The van der Waals surface area contributed by atoms with Gasteiger partial charge in [-0.1, -0.05) is 18.0 Å². The summed E-state index contributed by atoms with van der Waals surface area (Å²) >= 11 is 0. The first kappa shape index (κ1) is 13.0. The maximum Gasteiger partial charge on any atom is 0.396 e. The van der Waals surface area contributed by atoms with Crippen molar-refractivity contribution >= 4 is 5.78 Å². The molecule has 0 N–H and O–H groups in total. The smallest absolute Gasteiger partial charge is 0.339 e. The van der Waals surface area contributed by atoms with Crippen LogP contribution in [0.4, 0.5) is 13.2 Å². The Morgan fingerprint density at radius 1 is 1.28 bits per heavy atom. The van der Waals surface area contributed by atoms with Gasteiger partial charge in [-0.3, -0.25) is 4.79 Å². The molecule has 1 aliphatic carbocycles. The first-order valence-corrected chi connectivity index (χ1v) is 5.87. The van der Waals surface area contributed by atoms with Gasteiger partial charge in [-0.2, -0.15) is 18.2 Å². The summed E-state index contributed by atoms with van der Waals surface area (Å²) in [4.78, 5) is 15.5. The number of carbonyl (C=O) groups excluding carboxylic acids is 1. The van der Waals surface area contributed by atoms with Gasteiger partial charge in [0, 0.05) is 6.42 Å². The van der Waals surface area contributed by atoms with Crippen molar-refractivity contribution in [3.63, 3.8) is 0 Å². The Kier molecular flexibility index (Phi) is 3.68. The minimum atomic E-state index is -4.37. The normalized spacial score (nSPS) is 21.9. The van der Waals surface area contributed by atoms with E-state index >= 15 is 0 Å². The molecule has 1 unspecified atom stereocenters. The molecule has 0 bridgehead atoms. The maximum atomic E-state index is 12.1. The summed E-state index contributed by atoms with van der Waals surface area (Å²) < 4.78 is 41.2. The fraction of sp³-hybridized carbons (Fsp3) is 0.727. The van der Waals surface area contributed by atoms with Crippen LogP contribution >= 0.6 is 0 Å².